The molecule has 0 aliphatic heterocycles. The van der Waals surface area contributed by atoms with Gasteiger partial charge in [-0.3, -0.25) is 9.52 Å². The minimum absolute atomic E-state index is 0.0886. The summed E-state index contributed by atoms with van der Waals surface area (Å²) in [5, 5.41) is 2.67. The number of benzene rings is 3. The van der Waals surface area contributed by atoms with E-state index in [9.17, 15) is 18.0 Å². The second kappa shape index (κ2) is 10.4. The monoisotopic (exact) mass is 482 g/mol. The first-order chi connectivity index (χ1) is 16.1. The molecule has 0 spiro atoms. The lowest BCUT2D eigenvalue weighted by molar-refractivity contribution is -0.118. The van der Waals surface area contributed by atoms with Crippen molar-refractivity contribution >= 4 is 33.3 Å². The van der Waals surface area contributed by atoms with Crippen LogP contribution >= 0.6 is 0 Å². The lowest BCUT2D eigenvalue weighted by atomic mass is 10.1. The Labute approximate surface area is 199 Å². The topological polar surface area (TPSA) is 111 Å². The van der Waals surface area contributed by atoms with Crippen LogP contribution in [0.25, 0.3) is 0 Å². The first-order valence-corrected chi connectivity index (χ1v) is 11.9. The third-order valence-electron chi connectivity index (χ3n) is 5.16. The molecule has 0 aromatic heterocycles. The van der Waals surface area contributed by atoms with Crippen LogP contribution in [0.15, 0.2) is 65.6 Å². The fourth-order valence-electron chi connectivity index (χ4n) is 3.12. The van der Waals surface area contributed by atoms with Gasteiger partial charge in [-0.05, 0) is 92.1 Å². The smallest absolute Gasteiger partial charge is 0.337 e. The summed E-state index contributed by atoms with van der Waals surface area (Å²) in [4.78, 5) is 23.8. The van der Waals surface area contributed by atoms with E-state index in [0.29, 0.717) is 28.3 Å². The Morgan fingerprint density at radius 2 is 1.50 bits per heavy atom. The lowest BCUT2D eigenvalue weighted by Crippen LogP contribution is -2.20. The molecule has 0 atom stereocenters. The molecule has 0 radical (unpaired) electrons. The SMILES string of the molecule is COC(=O)c1ccc(NC(=O)COc2ccc(S(=O)(=O)Nc3ccc(C)c(C)c3)cc2C)cc1. The molecular weight excluding hydrogens is 456 g/mol. The maximum absolute atomic E-state index is 12.8. The van der Waals surface area contributed by atoms with Crippen LogP contribution < -0.4 is 14.8 Å². The van der Waals surface area contributed by atoms with Gasteiger partial charge in [-0.15, -0.1) is 0 Å². The summed E-state index contributed by atoms with van der Waals surface area (Å²) in [6.45, 7) is 5.30. The van der Waals surface area contributed by atoms with Gasteiger partial charge < -0.3 is 14.8 Å². The molecule has 9 heteroatoms. The van der Waals surface area contributed by atoms with Crippen molar-refractivity contribution < 1.29 is 27.5 Å². The Kier molecular flexibility index (Phi) is 7.57. The second-order valence-electron chi connectivity index (χ2n) is 7.74. The van der Waals surface area contributed by atoms with Gasteiger partial charge in [0.25, 0.3) is 15.9 Å². The number of ether oxygens (including phenoxy) is 2. The quantitative estimate of drug-likeness (QED) is 0.465. The van der Waals surface area contributed by atoms with Crippen molar-refractivity contribution in [3.8, 4) is 5.75 Å². The number of carbonyl (C=O) groups is 2. The third kappa shape index (κ3) is 6.14. The Morgan fingerprint density at radius 1 is 0.824 bits per heavy atom. The standard InChI is InChI=1S/C25H26N2O6S/c1-16-5-8-21(13-17(16)2)27-34(30,31)22-11-12-23(18(3)14-22)33-15-24(28)26-20-9-6-19(7-10-20)25(29)32-4/h5-14,27H,15H2,1-4H3,(H,26,28). The molecule has 3 aromatic carbocycles. The summed E-state index contributed by atoms with van der Waals surface area (Å²) in [5.74, 6) is -0.481. The number of rotatable bonds is 8. The van der Waals surface area contributed by atoms with Crippen LogP contribution in [-0.4, -0.2) is 34.0 Å². The van der Waals surface area contributed by atoms with Gasteiger partial charge in [-0.1, -0.05) is 6.07 Å². The van der Waals surface area contributed by atoms with Crippen LogP contribution in [0.4, 0.5) is 11.4 Å². The number of hydrogen-bond donors (Lipinski definition) is 2. The van der Waals surface area contributed by atoms with Crippen molar-refractivity contribution in [3.63, 3.8) is 0 Å². The highest BCUT2D eigenvalue weighted by Gasteiger charge is 2.17. The zero-order valence-electron chi connectivity index (χ0n) is 19.3. The molecule has 0 aliphatic rings. The number of carbonyl (C=O) groups excluding carboxylic acids is 2. The van der Waals surface area contributed by atoms with Crippen LogP contribution in [0.2, 0.25) is 0 Å². The van der Waals surface area contributed by atoms with Crippen molar-refractivity contribution in [2.75, 3.05) is 23.8 Å². The number of sulfonamides is 1. The van der Waals surface area contributed by atoms with Gasteiger partial charge >= 0.3 is 5.97 Å². The van der Waals surface area contributed by atoms with Crippen molar-refractivity contribution in [1.82, 2.24) is 0 Å². The zero-order valence-corrected chi connectivity index (χ0v) is 20.2. The summed E-state index contributed by atoms with van der Waals surface area (Å²) in [5.41, 5.74) is 3.97. The third-order valence-corrected chi connectivity index (χ3v) is 6.54. The highest BCUT2D eigenvalue weighted by atomic mass is 32.2. The van der Waals surface area contributed by atoms with Crippen LogP contribution in [0.5, 0.6) is 5.75 Å². The van der Waals surface area contributed by atoms with Gasteiger partial charge in [0, 0.05) is 11.4 Å². The Morgan fingerprint density at radius 3 is 2.12 bits per heavy atom. The van der Waals surface area contributed by atoms with Gasteiger partial charge in [-0.2, -0.15) is 0 Å². The summed E-state index contributed by atoms with van der Waals surface area (Å²) in [6.07, 6.45) is 0. The van der Waals surface area contributed by atoms with Gasteiger partial charge in [0.05, 0.1) is 17.6 Å². The molecule has 178 valence electrons. The molecule has 0 unspecified atom stereocenters. The van der Waals surface area contributed by atoms with Gasteiger partial charge in [0.15, 0.2) is 6.61 Å². The number of esters is 1. The molecule has 3 aromatic rings. The number of aryl methyl sites for hydroxylation is 3. The van der Waals surface area contributed by atoms with E-state index in [-0.39, 0.29) is 11.5 Å². The van der Waals surface area contributed by atoms with E-state index in [4.69, 9.17) is 4.74 Å². The Bertz CT molecular complexity index is 1320. The largest absolute Gasteiger partial charge is 0.483 e. The lowest BCUT2D eigenvalue weighted by Gasteiger charge is -2.13. The molecular formula is C25H26N2O6S. The Hall–Kier alpha value is -3.85. The Balaban J connectivity index is 1.61. The molecule has 0 saturated carbocycles. The maximum atomic E-state index is 12.8. The minimum atomic E-state index is -3.78. The predicted molar refractivity (Wildman–Crippen MR) is 130 cm³/mol. The average Bonchev–Trinajstić information content (AvgIpc) is 2.80. The fraction of sp³-hybridized carbons (Fsp3) is 0.200. The molecule has 0 heterocycles. The molecule has 0 bridgehead atoms. The van der Waals surface area contributed by atoms with E-state index >= 15 is 0 Å². The average molecular weight is 483 g/mol. The van der Waals surface area contributed by atoms with Crippen molar-refractivity contribution in [3.05, 3.63) is 82.9 Å². The second-order valence-corrected chi connectivity index (χ2v) is 9.42. The summed E-state index contributed by atoms with van der Waals surface area (Å²) >= 11 is 0. The minimum Gasteiger partial charge on any atom is -0.483 e. The van der Waals surface area contributed by atoms with Gasteiger partial charge in [0.2, 0.25) is 0 Å². The van der Waals surface area contributed by atoms with Crippen LogP contribution in [0, 0.1) is 20.8 Å². The van der Waals surface area contributed by atoms with E-state index in [1.54, 1.807) is 31.2 Å². The number of methoxy groups -OCH3 is 1. The molecule has 0 fully saturated rings. The van der Waals surface area contributed by atoms with Crippen LogP contribution in [0.1, 0.15) is 27.0 Å². The van der Waals surface area contributed by atoms with Crippen LogP contribution in [-0.2, 0) is 19.6 Å². The van der Waals surface area contributed by atoms with Crippen molar-refractivity contribution in [1.29, 1.82) is 0 Å². The maximum Gasteiger partial charge on any atom is 0.337 e. The van der Waals surface area contributed by atoms with E-state index in [1.165, 1.54) is 37.4 Å². The van der Waals surface area contributed by atoms with Gasteiger partial charge in [-0.25, -0.2) is 13.2 Å². The highest BCUT2D eigenvalue weighted by molar-refractivity contribution is 7.92. The van der Waals surface area contributed by atoms with Crippen molar-refractivity contribution in [2.45, 2.75) is 25.7 Å². The molecule has 34 heavy (non-hydrogen) atoms. The number of hydrogen-bond acceptors (Lipinski definition) is 6. The molecule has 2 N–H and O–H groups in total. The van der Waals surface area contributed by atoms with E-state index in [1.807, 2.05) is 19.9 Å². The fourth-order valence-corrected chi connectivity index (χ4v) is 4.25. The zero-order chi connectivity index (χ0) is 24.9. The number of anilines is 2. The normalized spacial score (nSPS) is 10.9. The molecule has 3 rings (SSSR count). The van der Waals surface area contributed by atoms with E-state index in [0.717, 1.165) is 11.1 Å². The number of amides is 1. The van der Waals surface area contributed by atoms with Crippen molar-refractivity contribution in [2.24, 2.45) is 0 Å². The summed E-state index contributed by atoms with van der Waals surface area (Å²) in [6, 6.07) is 16.0. The predicted octanol–water partition coefficient (Wildman–Crippen LogP) is 4.22. The van der Waals surface area contributed by atoms with Gasteiger partial charge in [0.1, 0.15) is 5.75 Å². The highest BCUT2D eigenvalue weighted by Crippen LogP contribution is 2.24. The summed E-state index contributed by atoms with van der Waals surface area (Å²) in [7, 11) is -2.49. The summed E-state index contributed by atoms with van der Waals surface area (Å²) < 4.78 is 38.3. The first-order valence-electron chi connectivity index (χ1n) is 10.4. The molecule has 1 amide bonds. The van der Waals surface area contributed by atoms with E-state index in [2.05, 4.69) is 14.8 Å². The first kappa shape index (κ1) is 24.8. The number of nitrogens with one attached hydrogen (secondary N) is 2. The molecule has 8 nitrogen and oxygen atoms in total. The van der Waals surface area contributed by atoms with Crippen LogP contribution in [0.3, 0.4) is 0 Å². The molecule has 0 aliphatic carbocycles. The molecule has 0 saturated heterocycles. The van der Waals surface area contributed by atoms with E-state index < -0.39 is 21.9 Å².